The molecule has 0 fully saturated rings. The van der Waals surface area contributed by atoms with Crippen LogP contribution in [0, 0.1) is 0 Å². The molecule has 0 saturated carbocycles. The van der Waals surface area contributed by atoms with E-state index in [1.807, 2.05) is 21.1 Å². The molecule has 0 saturated heterocycles. The van der Waals surface area contributed by atoms with E-state index in [9.17, 15) is 19.0 Å². The van der Waals surface area contributed by atoms with E-state index in [1.165, 1.54) is 372 Å². The molecule has 0 aliphatic heterocycles. The number of quaternary nitrogens is 1. The van der Waals surface area contributed by atoms with Crippen LogP contribution in [-0.4, -0.2) is 74.9 Å². The quantitative estimate of drug-likeness (QED) is 0.0278. The fraction of sp³-hybridized carbons (Fsp3) is 0.974. The standard InChI is InChI=1S/C78H156NO8P/c1-6-8-10-12-14-16-18-20-22-24-26-28-30-32-34-36-38-40-42-44-46-48-50-52-54-56-58-60-62-64-66-68-70-77(80)84-74-76(75-86-88(82,83)85-73-72-79(3,4)5)87-78(81)71-69-67-65-63-61-59-57-55-53-51-49-47-45-43-41-39-37-35-33-31-29-27-25-23-21-19-17-15-13-11-9-7-2/h76H,6-75H2,1-5H3/p+1. The Morgan fingerprint density at radius 3 is 0.727 bits per heavy atom. The third-order valence-corrected chi connectivity index (χ3v) is 19.6. The summed E-state index contributed by atoms with van der Waals surface area (Å²) in [7, 11) is 1.51. The zero-order valence-electron chi connectivity index (χ0n) is 60.3. The Labute approximate surface area is 550 Å². The second-order valence-electron chi connectivity index (χ2n) is 28.8. The fourth-order valence-corrected chi connectivity index (χ4v) is 13.3. The second kappa shape index (κ2) is 70.3. The molecule has 2 unspecified atom stereocenters. The second-order valence-corrected chi connectivity index (χ2v) is 30.3. The van der Waals surface area contributed by atoms with Gasteiger partial charge in [0.05, 0.1) is 27.7 Å². The monoisotopic (exact) mass is 1270 g/mol. The minimum atomic E-state index is -4.39. The summed E-state index contributed by atoms with van der Waals surface area (Å²) in [5.41, 5.74) is 0. The highest BCUT2D eigenvalue weighted by molar-refractivity contribution is 7.47. The van der Waals surface area contributed by atoms with Gasteiger partial charge in [-0.3, -0.25) is 18.6 Å². The van der Waals surface area contributed by atoms with Crippen molar-refractivity contribution in [3.8, 4) is 0 Å². The number of ether oxygens (including phenoxy) is 2. The number of hydrogen-bond donors (Lipinski definition) is 1. The predicted molar refractivity (Wildman–Crippen MR) is 382 cm³/mol. The molecule has 0 spiro atoms. The third-order valence-electron chi connectivity index (χ3n) is 18.6. The fourth-order valence-electron chi connectivity index (χ4n) is 12.6. The van der Waals surface area contributed by atoms with Crippen molar-refractivity contribution in [2.24, 2.45) is 0 Å². The van der Waals surface area contributed by atoms with Crippen LogP contribution in [0.5, 0.6) is 0 Å². The Bertz CT molecular complexity index is 1440. The maximum Gasteiger partial charge on any atom is 0.472 e. The number of likely N-dealkylation sites (N-methyl/N-ethyl adjacent to an activating group) is 1. The van der Waals surface area contributed by atoms with E-state index in [1.54, 1.807) is 0 Å². The van der Waals surface area contributed by atoms with E-state index >= 15 is 0 Å². The molecule has 0 aromatic rings. The summed E-state index contributed by atoms with van der Waals surface area (Å²) >= 11 is 0. The lowest BCUT2D eigenvalue weighted by Crippen LogP contribution is -2.37. The molecule has 88 heavy (non-hydrogen) atoms. The minimum absolute atomic E-state index is 0.0379. The SMILES string of the molecule is CCCCCCCCCCCCCCCCCCCCCCCCCCCCCCCCCCC(=O)OCC(COP(=O)(O)OCC[N+](C)(C)C)OC(=O)CCCCCCCCCCCCCCCCCCCCCCCCCCCCCCCCCC. The molecule has 526 valence electrons. The smallest absolute Gasteiger partial charge is 0.462 e. The highest BCUT2D eigenvalue weighted by atomic mass is 31.2. The molecule has 0 amide bonds. The maximum absolute atomic E-state index is 12.9. The van der Waals surface area contributed by atoms with E-state index in [-0.39, 0.29) is 25.6 Å². The molecule has 0 aromatic heterocycles. The number of esters is 2. The van der Waals surface area contributed by atoms with Gasteiger partial charge < -0.3 is 18.9 Å². The number of rotatable bonds is 76. The zero-order valence-corrected chi connectivity index (χ0v) is 61.2. The van der Waals surface area contributed by atoms with Gasteiger partial charge in [-0.2, -0.15) is 0 Å². The van der Waals surface area contributed by atoms with Crippen LogP contribution in [-0.2, 0) is 32.7 Å². The van der Waals surface area contributed by atoms with Crippen LogP contribution in [0.1, 0.15) is 438 Å². The van der Waals surface area contributed by atoms with Crippen LogP contribution in [0.4, 0.5) is 0 Å². The minimum Gasteiger partial charge on any atom is -0.462 e. The molecule has 0 aromatic carbocycles. The summed E-state index contributed by atoms with van der Waals surface area (Å²) < 4.78 is 34.8. The first kappa shape index (κ1) is 87.0. The normalized spacial score (nSPS) is 12.9. The predicted octanol–water partition coefficient (Wildman–Crippen LogP) is 26.1. The van der Waals surface area contributed by atoms with Gasteiger partial charge in [-0.05, 0) is 12.8 Å². The van der Waals surface area contributed by atoms with Gasteiger partial charge in [-0.1, -0.05) is 412 Å². The van der Waals surface area contributed by atoms with Crippen molar-refractivity contribution in [3.05, 3.63) is 0 Å². The van der Waals surface area contributed by atoms with Crippen molar-refractivity contribution in [1.82, 2.24) is 0 Å². The number of carbonyl (C=O) groups is 2. The van der Waals surface area contributed by atoms with E-state index in [0.717, 1.165) is 38.5 Å². The van der Waals surface area contributed by atoms with Crippen molar-refractivity contribution in [2.75, 3.05) is 47.5 Å². The Balaban J connectivity index is 3.89. The number of phosphoric acid groups is 1. The molecular formula is C78H157NO8P+. The number of hydrogen-bond acceptors (Lipinski definition) is 7. The summed E-state index contributed by atoms with van der Waals surface area (Å²) in [6.45, 7) is 4.54. The van der Waals surface area contributed by atoms with Crippen molar-refractivity contribution < 1.29 is 42.1 Å². The summed E-state index contributed by atoms with van der Waals surface area (Å²) in [6.07, 6.45) is 86.9. The van der Waals surface area contributed by atoms with Gasteiger partial charge >= 0.3 is 19.8 Å². The van der Waals surface area contributed by atoms with Gasteiger partial charge in [0, 0.05) is 12.8 Å². The van der Waals surface area contributed by atoms with Crippen LogP contribution < -0.4 is 0 Å². The summed E-state index contributed by atoms with van der Waals surface area (Å²) in [4.78, 5) is 36.0. The van der Waals surface area contributed by atoms with Gasteiger partial charge in [0.25, 0.3) is 0 Å². The largest absolute Gasteiger partial charge is 0.472 e. The average Bonchev–Trinajstić information content (AvgIpc) is 3.69. The Kier molecular flexibility index (Phi) is 69.5. The Hall–Kier alpha value is -0.990. The summed E-state index contributed by atoms with van der Waals surface area (Å²) in [5, 5.41) is 0. The first-order valence-corrected chi connectivity index (χ1v) is 41.3. The van der Waals surface area contributed by atoms with Crippen LogP contribution in [0.15, 0.2) is 0 Å². The molecule has 0 radical (unpaired) electrons. The van der Waals surface area contributed by atoms with E-state index < -0.39 is 26.5 Å². The van der Waals surface area contributed by atoms with Gasteiger partial charge in [0.2, 0.25) is 0 Å². The van der Waals surface area contributed by atoms with Crippen LogP contribution >= 0.6 is 7.82 Å². The molecule has 0 aliphatic carbocycles. The molecule has 0 heterocycles. The Morgan fingerprint density at radius 1 is 0.307 bits per heavy atom. The molecule has 0 aliphatic rings. The summed E-state index contributed by atoms with van der Waals surface area (Å²) in [5.74, 6) is -0.764. The Morgan fingerprint density at radius 2 is 0.511 bits per heavy atom. The lowest BCUT2D eigenvalue weighted by atomic mass is 10.0. The zero-order chi connectivity index (χ0) is 64.1. The highest BCUT2D eigenvalue weighted by Gasteiger charge is 2.27. The number of nitrogens with zero attached hydrogens (tertiary/aromatic N) is 1. The molecule has 0 rings (SSSR count). The molecule has 2 atom stereocenters. The van der Waals surface area contributed by atoms with E-state index in [2.05, 4.69) is 13.8 Å². The van der Waals surface area contributed by atoms with Crippen molar-refractivity contribution in [2.45, 2.75) is 444 Å². The van der Waals surface area contributed by atoms with Gasteiger partial charge in [-0.25, -0.2) is 4.57 Å². The van der Waals surface area contributed by atoms with Gasteiger partial charge in [-0.15, -0.1) is 0 Å². The highest BCUT2D eigenvalue weighted by Crippen LogP contribution is 2.43. The molecule has 9 nitrogen and oxygen atoms in total. The topological polar surface area (TPSA) is 108 Å². The molecule has 0 bridgehead atoms. The lowest BCUT2D eigenvalue weighted by Gasteiger charge is -2.24. The van der Waals surface area contributed by atoms with Crippen LogP contribution in [0.2, 0.25) is 0 Å². The third kappa shape index (κ3) is 74.1. The molecule has 10 heteroatoms. The van der Waals surface area contributed by atoms with Gasteiger partial charge in [0.1, 0.15) is 19.8 Å². The maximum atomic E-state index is 12.9. The number of phosphoric ester groups is 1. The van der Waals surface area contributed by atoms with Gasteiger partial charge in [0.15, 0.2) is 6.10 Å². The van der Waals surface area contributed by atoms with E-state index in [0.29, 0.717) is 17.4 Å². The van der Waals surface area contributed by atoms with Crippen molar-refractivity contribution in [3.63, 3.8) is 0 Å². The average molecular weight is 1270 g/mol. The summed E-state index contributed by atoms with van der Waals surface area (Å²) in [6, 6.07) is 0. The molecular weight excluding hydrogens is 1110 g/mol. The van der Waals surface area contributed by atoms with Crippen LogP contribution in [0.3, 0.4) is 0 Å². The number of carbonyl (C=O) groups excluding carboxylic acids is 2. The first-order chi connectivity index (χ1) is 43.0. The first-order valence-electron chi connectivity index (χ1n) is 39.8. The van der Waals surface area contributed by atoms with E-state index in [4.69, 9.17) is 18.5 Å². The van der Waals surface area contributed by atoms with Crippen molar-refractivity contribution in [1.29, 1.82) is 0 Å². The lowest BCUT2D eigenvalue weighted by molar-refractivity contribution is -0.870. The molecule has 1 N–H and O–H groups in total. The van der Waals surface area contributed by atoms with Crippen LogP contribution in [0.25, 0.3) is 0 Å². The number of unbranched alkanes of at least 4 members (excludes halogenated alkanes) is 62. The van der Waals surface area contributed by atoms with Crippen molar-refractivity contribution >= 4 is 19.8 Å².